The molecule has 3 heteroatoms. The summed E-state index contributed by atoms with van der Waals surface area (Å²) in [6.07, 6.45) is 1.77. The van der Waals surface area contributed by atoms with Gasteiger partial charge in [0, 0.05) is 12.7 Å². The van der Waals surface area contributed by atoms with E-state index < -0.39 is 0 Å². The Morgan fingerprint density at radius 3 is 3.08 bits per heavy atom. The molecule has 0 fully saturated rings. The van der Waals surface area contributed by atoms with Crippen LogP contribution in [0.4, 0.5) is 0 Å². The summed E-state index contributed by atoms with van der Waals surface area (Å²) in [4.78, 5) is 4.18. The Morgan fingerprint density at radius 1 is 1.58 bits per heavy atom. The van der Waals surface area contributed by atoms with E-state index in [9.17, 15) is 0 Å². The highest BCUT2D eigenvalue weighted by atomic mass is 16.5. The number of rotatable bonds is 4. The molecular weight excluding hydrogens is 152 g/mol. The summed E-state index contributed by atoms with van der Waals surface area (Å²) in [5, 5.41) is 0. The molecule has 1 aromatic rings. The summed E-state index contributed by atoms with van der Waals surface area (Å²) in [5.74, 6) is 0. The van der Waals surface area contributed by atoms with E-state index in [0.29, 0.717) is 19.8 Å². The largest absolute Gasteiger partial charge is 0.374 e. The Morgan fingerprint density at radius 2 is 2.42 bits per heavy atom. The molecule has 0 aliphatic carbocycles. The molecule has 0 saturated carbocycles. The molecule has 1 rings (SSSR count). The molecule has 0 aromatic carbocycles. The molecule has 0 spiro atoms. The van der Waals surface area contributed by atoms with Crippen molar-refractivity contribution in [3.63, 3.8) is 0 Å². The first-order chi connectivity index (χ1) is 5.84. The number of hydrogen-bond donors (Lipinski definition) is 1. The molecule has 0 bridgehead atoms. The van der Waals surface area contributed by atoms with Gasteiger partial charge in [-0.1, -0.05) is 6.07 Å². The number of ether oxygens (including phenoxy) is 1. The molecule has 0 aliphatic heterocycles. The van der Waals surface area contributed by atoms with Gasteiger partial charge in [-0.25, -0.2) is 0 Å². The van der Waals surface area contributed by atoms with Crippen LogP contribution in [0.15, 0.2) is 18.3 Å². The Kier molecular flexibility index (Phi) is 3.70. The highest BCUT2D eigenvalue weighted by molar-refractivity contribution is 5.16. The molecule has 2 N–H and O–H groups in total. The summed E-state index contributed by atoms with van der Waals surface area (Å²) in [5.41, 5.74) is 7.44. The van der Waals surface area contributed by atoms with Crippen LogP contribution in [0.5, 0.6) is 0 Å². The van der Waals surface area contributed by atoms with Crippen molar-refractivity contribution >= 4 is 0 Å². The first-order valence-corrected chi connectivity index (χ1v) is 4.03. The van der Waals surface area contributed by atoms with Gasteiger partial charge in [0.15, 0.2) is 0 Å². The lowest BCUT2D eigenvalue weighted by molar-refractivity contribution is 0.125. The van der Waals surface area contributed by atoms with Crippen molar-refractivity contribution in [2.24, 2.45) is 5.73 Å². The van der Waals surface area contributed by atoms with E-state index >= 15 is 0 Å². The van der Waals surface area contributed by atoms with Crippen molar-refractivity contribution in [1.29, 1.82) is 0 Å². The molecule has 1 aromatic heterocycles. The van der Waals surface area contributed by atoms with Gasteiger partial charge >= 0.3 is 0 Å². The van der Waals surface area contributed by atoms with Crippen LogP contribution in [0.1, 0.15) is 11.3 Å². The Balaban J connectivity index is 2.46. The normalized spacial score (nSPS) is 10.2. The third kappa shape index (κ3) is 2.60. The van der Waals surface area contributed by atoms with Crippen LogP contribution in [-0.4, -0.2) is 18.1 Å². The number of pyridine rings is 1. The van der Waals surface area contributed by atoms with Crippen molar-refractivity contribution in [3.8, 4) is 0 Å². The lowest BCUT2D eigenvalue weighted by Gasteiger charge is -2.03. The second-order valence-electron chi connectivity index (χ2n) is 2.61. The van der Waals surface area contributed by atoms with E-state index in [1.54, 1.807) is 6.20 Å². The van der Waals surface area contributed by atoms with Crippen LogP contribution in [0.2, 0.25) is 0 Å². The fourth-order valence-corrected chi connectivity index (χ4v) is 0.922. The standard InChI is InChI=1S/C9H14N2O/c1-8-3-2-5-11-9(8)7-12-6-4-10/h2-3,5H,4,6-7,10H2,1H3. The van der Waals surface area contributed by atoms with Gasteiger partial charge in [-0.3, -0.25) is 4.98 Å². The monoisotopic (exact) mass is 166 g/mol. The molecule has 0 atom stereocenters. The molecule has 12 heavy (non-hydrogen) atoms. The molecule has 0 aliphatic rings. The summed E-state index contributed by atoms with van der Waals surface area (Å²) < 4.78 is 5.26. The van der Waals surface area contributed by atoms with Crippen molar-refractivity contribution < 1.29 is 4.74 Å². The molecule has 3 nitrogen and oxygen atoms in total. The first kappa shape index (κ1) is 9.16. The summed E-state index contributed by atoms with van der Waals surface area (Å²) in [6.45, 7) is 3.74. The third-order valence-corrected chi connectivity index (χ3v) is 1.62. The lowest BCUT2D eigenvalue weighted by atomic mass is 10.2. The van der Waals surface area contributed by atoms with E-state index in [4.69, 9.17) is 10.5 Å². The average Bonchev–Trinajstić information content (AvgIpc) is 2.09. The number of nitrogens with two attached hydrogens (primary N) is 1. The minimum Gasteiger partial charge on any atom is -0.374 e. The minimum atomic E-state index is 0.559. The SMILES string of the molecule is Cc1cccnc1COCCN. The molecule has 66 valence electrons. The van der Waals surface area contributed by atoms with Gasteiger partial charge in [-0.15, -0.1) is 0 Å². The predicted octanol–water partition coefficient (Wildman–Crippen LogP) is 0.865. The van der Waals surface area contributed by atoms with Crippen molar-refractivity contribution in [2.75, 3.05) is 13.2 Å². The fourth-order valence-electron chi connectivity index (χ4n) is 0.922. The number of hydrogen-bond acceptors (Lipinski definition) is 3. The van der Waals surface area contributed by atoms with Gasteiger partial charge in [-0.05, 0) is 18.6 Å². The predicted molar refractivity (Wildman–Crippen MR) is 47.7 cm³/mol. The highest BCUT2D eigenvalue weighted by Crippen LogP contribution is 2.03. The van der Waals surface area contributed by atoms with Crippen molar-refractivity contribution in [3.05, 3.63) is 29.6 Å². The highest BCUT2D eigenvalue weighted by Gasteiger charge is 1.96. The summed E-state index contributed by atoms with van der Waals surface area (Å²) in [6, 6.07) is 3.94. The fraction of sp³-hybridized carbons (Fsp3) is 0.444. The molecule has 0 radical (unpaired) electrons. The van der Waals surface area contributed by atoms with Crippen LogP contribution < -0.4 is 5.73 Å². The zero-order chi connectivity index (χ0) is 8.81. The van der Waals surface area contributed by atoms with E-state index in [1.807, 2.05) is 19.1 Å². The Labute approximate surface area is 72.6 Å². The Hall–Kier alpha value is -0.930. The molecule has 0 amide bonds. The maximum absolute atomic E-state index is 5.29. The van der Waals surface area contributed by atoms with Crippen LogP contribution in [0.3, 0.4) is 0 Å². The van der Waals surface area contributed by atoms with E-state index in [0.717, 1.165) is 11.3 Å². The van der Waals surface area contributed by atoms with Gasteiger partial charge in [0.25, 0.3) is 0 Å². The van der Waals surface area contributed by atoms with E-state index in [2.05, 4.69) is 4.98 Å². The summed E-state index contributed by atoms with van der Waals surface area (Å²) in [7, 11) is 0. The second-order valence-corrected chi connectivity index (χ2v) is 2.61. The van der Waals surface area contributed by atoms with Crippen molar-refractivity contribution in [2.45, 2.75) is 13.5 Å². The van der Waals surface area contributed by atoms with Crippen molar-refractivity contribution in [1.82, 2.24) is 4.98 Å². The quantitative estimate of drug-likeness (QED) is 0.675. The van der Waals surface area contributed by atoms with Crippen LogP contribution >= 0.6 is 0 Å². The van der Waals surface area contributed by atoms with Gasteiger partial charge < -0.3 is 10.5 Å². The molecule has 0 saturated heterocycles. The number of aromatic nitrogens is 1. The third-order valence-electron chi connectivity index (χ3n) is 1.62. The number of aryl methyl sites for hydroxylation is 1. The maximum Gasteiger partial charge on any atom is 0.0891 e. The van der Waals surface area contributed by atoms with E-state index in [1.165, 1.54) is 0 Å². The second kappa shape index (κ2) is 4.85. The van der Waals surface area contributed by atoms with Crippen LogP contribution in [0.25, 0.3) is 0 Å². The maximum atomic E-state index is 5.29. The lowest BCUT2D eigenvalue weighted by Crippen LogP contribution is -2.09. The molecular formula is C9H14N2O. The molecule has 0 unspecified atom stereocenters. The van der Waals surface area contributed by atoms with Gasteiger partial charge in [0.05, 0.1) is 18.9 Å². The first-order valence-electron chi connectivity index (χ1n) is 4.03. The van der Waals surface area contributed by atoms with Gasteiger partial charge in [0.1, 0.15) is 0 Å². The van der Waals surface area contributed by atoms with E-state index in [-0.39, 0.29) is 0 Å². The average molecular weight is 166 g/mol. The van der Waals surface area contributed by atoms with Gasteiger partial charge in [0.2, 0.25) is 0 Å². The number of nitrogens with zero attached hydrogens (tertiary/aromatic N) is 1. The van der Waals surface area contributed by atoms with Crippen LogP contribution in [0, 0.1) is 6.92 Å². The zero-order valence-corrected chi connectivity index (χ0v) is 7.29. The van der Waals surface area contributed by atoms with Gasteiger partial charge in [-0.2, -0.15) is 0 Å². The van der Waals surface area contributed by atoms with Crippen LogP contribution in [-0.2, 0) is 11.3 Å². The topological polar surface area (TPSA) is 48.1 Å². The smallest absolute Gasteiger partial charge is 0.0891 e. The summed E-state index contributed by atoms with van der Waals surface area (Å²) >= 11 is 0. The molecule has 1 heterocycles. The zero-order valence-electron chi connectivity index (χ0n) is 7.29. The minimum absolute atomic E-state index is 0.559. The Bertz CT molecular complexity index is 238.